The molecule has 7 nitrogen and oxygen atoms in total. The number of nitrogens with one attached hydrogen (secondary N) is 2. The van der Waals surface area contributed by atoms with Crippen LogP contribution in [-0.4, -0.2) is 34.8 Å². The Labute approximate surface area is 196 Å². The highest BCUT2D eigenvalue weighted by Crippen LogP contribution is 2.30. The van der Waals surface area contributed by atoms with Crippen molar-refractivity contribution in [3.63, 3.8) is 0 Å². The SMILES string of the molecule is CCc1nc2cc(NCCc3ccc(OC)cc3)ncc2cc1-c1ccc(F)c(NC(=O)O)c1. The number of pyridine rings is 2. The number of rotatable bonds is 8. The fraction of sp³-hybridized carbons (Fsp3) is 0.192. The van der Waals surface area contributed by atoms with Crippen molar-refractivity contribution in [1.29, 1.82) is 0 Å². The van der Waals surface area contributed by atoms with Crippen molar-refractivity contribution in [3.05, 3.63) is 77.9 Å². The number of benzene rings is 2. The fourth-order valence-corrected chi connectivity index (χ4v) is 3.75. The summed E-state index contributed by atoms with van der Waals surface area (Å²) in [6.07, 6.45) is 1.93. The molecule has 34 heavy (non-hydrogen) atoms. The normalized spacial score (nSPS) is 10.8. The van der Waals surface area contributed by atoms with Gasteiger partial charge in [0.1, 0.15) is 17.4 Å². The van der Waals surface area contributed by atoms with Crippen LogP contribution in [0.1, 0.15) is 18.2 Å². The Kier molecular flexibility index (Phi) is 6.87. The van der Waals surface area contributed by atoms with Crippen LogP contribution in [-0.2, 0) is 12.8 Å². The van der Waals surface area contributed by atoms with E-state index >= 15 is 0 Å². The smallest absolute Gasteiger partial charge is 0.409 e. The number of carboxylic acid groups (broad SMARTS) is 1. The Morgan fingerprint density at radius 3 is 2.62 bits per heavy atom. The topological polar surface area (TPSA) is 96.4 Å². The third-order valence-electron chi connectivity index (χ3n) is 5.51. The lowest BCUT2D eigenvalue weighted by Gasteiger charge is -2.13. The summed E-state index contributed by atoms with van der Waals surface area (Å²) < 4.78 is 19.2. The minimum atomic E-state index is -1.32. The van der Waals surface area contributed by atoms with Crippen LogP contribution >= 0.6 is 0 Å². The summed E-state index contributed by atoms with van der Waals surface area (Å²) in [6, 6.07) is 16.2. The monoisotopic (exact) mass is 460 g/mol. The van der Waals surface area contributed by atoms with Gasteiger partial charge in [-0.2, -0.15) is 0 Å². The molecule has 2 aromatic heterocycles. The van der Waals surface area contributed by atoms with Crippen LogP contribution in [0.3, 0.4) is 0 Å². The summed E-state index contributed by atoms with van der Waals surface area (Å²) in [5.74, 6) is 0.933. The molecule has 4 rings (SSSR count). The first-order chi connectivity index (χ1) is 16.5. The molecule has 0 saturated carbocycles. The van der Waals surface area contributed by atoms with E-state index in [9.17, 15) is 9.18 Å². The highest BCUT2D eigenvalue weighted by Gasteiger charge is 2.13. The maximum absolute atomic E-state index is 14.0. The number of anilines is 2. The van der Waals surface area contributed by atoms with Gasteiger partial charge >= 0.3 is 6.09 Å². The lowest BCUT2D eigenvalue weighted by atomic mass is 10.00. The van der Waals surface area contributed by atoms with Crippen LogP contribution in [0, 0.1) is 5.82 Å². The minimum absolute atomic E-state index is 0.0957. The highest BCUT2D eigenvalue weighted by molar-refractivity contribution is 5.88. The standard InChI is InChI=1S/C26H25FN4O3/c1-3-22-20(17-6-9-21(27)24(13-17)31-26(32)33)12-18-15-29-25(14-23(18)30-22)28-11-10-16-4-7-19(34-2)8-5-16/h4-9,12-15,31H,3,10-11H2,1-2H3,(H,28,29)(H,32,33). The molecule has 174 valence electrons. The largest absolute Gasteiger partial charge is 0.497 e. The number of aromatic nitrogens is 2. The predicted molar refractivity (Wildman–Crippen MR) is 131 cm³/mol. The van der Waals surface area contributed by atoms with Gasteiger partial charge in [0, 0.05) is 35.5 Å². The zero-order chi connectivity index (χ0) is 24.1. The number of aryl methyl sites for hydroxylation is 1. The Balaban J connectivity index is 1.55. The first-order valence-corrected chi connectivity index (χ1v) is 10.9. The van der Waals surface area contributed by atoms with Crippen LogP contribution in [0.4, 0.5) is 20.7 Å². The van der Waals surface area contributed by atoms with Crippen molar-refractivity contribution in [2.75, 3.05) is 24.3 Å². The number of hydrogen-bond donors (Lipinski definition) is 3. The zero-order valence-electron chi connectivity index (χ0n) is 18.9. The summed E-state index contributed by atoms with van der Waals surface area (Å²) in [5, 5.41) is 15.2. The van der Waals surface area contributed by atoms with Crippen LogP contribution in [0.15, 0.2) is 60.8 Å². The van der Waals surface area contributed by atoms with Gasteiger partial charge in [-0.05, 0) is 54.3 Å². The number of ether oxygens (including phenoxy) is 1. The van der Waals surface area contributed by atoms with Crippen LogP contribution in [0.25, 0.3) is 22.0 Å². The van der Waals surface area contributed by atoms with Crippen molar-refractivity contribution in [2.24, 2.45) is 0 Å². The zero-order valence-corrected chi connectivity index (χ0v) is 18.9. The van der Waals surface area contributed by atoms with Crippen LogP contribution in [0.2, 0.25) is 0 Å². The third kappa shape index (κ3) is 5.23. The molecular formula is C26H25FN4O3. The molecule has 1 amide bonds. The van der Waals surface area contributed by atoms with Crippen molar-refractivity contribution < 1.29 is 19.0 Å². The van der Waals surface area contributed by atoms with E-state index in [1.807, 2.05) is 43.3 Å². The van der Waals surface area contributed by atoms with Crippen molar-refractivity contribution in [2.45, 2.75) is 19.8 Å². The molecule has 0 spiro atoms. The molecule has 2 aromatic carbocycles. The molecular weight excluding hydrogens is 435 g/mol. The Bertz CT molecular complexity index is 1330. The van der Waals surface area contributed by atoms with E-state index in [1.54, 1.807) is 19.4 Å². The van der Waals surface area contributed by atoms with E-state index in [0.29, 0.717) is 12.0 Å². The highest BCUT2D eigenvalue weighted by atomic mass is 19.1. The number of amides is 1. The summed E-state index contributed by atoms with van der Waals surface area (Å²) in [5.41, 5.74) is 4.22. The molecule has 8 heteroatoms. The van der Waals surface area contributed by atoms with Gasteiger partial charge in [0.25, 0.3) is 0 Å². The maximum Gasteiger partial charge on any atom is 0.409 e. The van der Waals surface area contributed by atoms with E-state index < -0.39 is 11.9 Å². The average Bonchev–Trinajstić information content (AvgIpc) is 2.84. The van der Waals surface area contributed by atoms with E-state index in [1.165, 1.54) is 17.7 Å². The van der Waals surface area contributed by atoms with Gasteiger partial charge in [0.15, 0.2) is 0 Å². The number of halogens is 1. The number of carbonyl (C=O) groups is 1. The second kappa shape index (κ2) is 10.2. The molecule has 0 radical (unpaired) electrons. The van der Waals surface area contributed by atoms with E-state index in [2.05, 4.69) is 15.6 Å². The van der Waals surface area contributed by atoms with Gasteiger partial charge in [-0.25, -0.2) is 14.2 Å². The molecule has 0 aliphatic rings. The molecule has 4 aromatic rings. The number of fused-ring (bicyclic) bond motifs is 1. The first kappa shape index (κ1) is 23.0. The maximum atomic E-state index is 14.0. The quantitative estimate of drug-likeness (QED) is 0.310. The number of nitrogens with zero attached hydrogens (tertiary/aromatic N) is 2. The average molecular weight is 461 g/mol. The van der Waals surface area contributed by atoms with Crippen molar-refractivity contribution in [3.8, 4) is 16.9 Å². The lowest BCUT2D eigenvalue weighted by Crippen LogP contribution is -2.09. The van der Waals surface area contributed by atoms with Gasteiger partial charge in [0.2, 0.25) is 0 Å². The number of hydrogen-bond acceptors (Lipinski definition) is 5. The second-order valence-electron chi connectivity index (χ2n) is 7.75. The van der Waals surface area contributed by atoms with Gasteiger partial charge in [-0.15, -0.1) is 0 Å². The van der Waals surface area contributed by atoms with Crippen LogP contribution < -0.4 is 15.4 Å². The van der Waals surface area contributed by atoms with Gasteiger partial charge in [-0.3, -0.25) is 10.3 Å². The third-order valence-corrected chi connectivity index (χ3v) is 5.51. The van der Waals surface area contributed by atoms with Crippen molar-refractivity contribution >= 4 is 28.5 Å². The Morgan fingerprint density at radius 1 is 1.12 bits per heavy atom. The predicted octanol–water partition coefficient (Wildman–Crippen LogP) is 5.75. The van der Waals surface area contributed by atoms with Gasteiger partial charge in [-0.1, -0.05) is 25.1 Å². The molecule has 0 unspecified atom stereocenters. The summed E-state index contributed by atoms with van der Waals surface area (Å²) in [4.78, 5) is 20.3. The molecule has 0 aliphatic heterocycles. The first-order valence-electron chi connectivity index (χ1n) is 10.9. The van der Waals surface area contributed by atoms with E-state index in [4.69, 9.17) is 14.8 Å². The lowest BCUT2D eigenvalue weighted by molar-refractivity contribution is 0.209. The second-order valence-corrected chi connectivity index (χ2v) is 7.75. The van der Waals surface area contributed by atoms with Crippen molar-refractivity contribution in [1.82, 2.24) is 9.97 Å². The van der Waals surface area contributed by atoms with Gasteiger partial charge in [0.05, 0.1) is 18.3 Å². The fourth-order valence-electron chi connectivity index (χ4n) is 3.75. The minimum Gasteiger partial charge on any atom is -0.497 e. The molecule has 0 fully saturated rings. The summed E-state index contributed by atoms with van der Waals surface area (Å²) in [7, 11) is 1.65. The molecule has 0 aliphatic carbocycles. The van der Waals surface area contributed by atoms with Gasteiger partial charge < -0.3 is 15.2 Å². The molecule has 3 N–H and O–H groups in total. The molecule has 0 saturated heterocycles. The number of methoxy groups -OCH3 is 1. The summed E-state index contributed by atoms with van der Waals surface area (Å²) in [6.45, 7) is 2.71. The van der Waals surface area contributed by atoms with E-state index in [0.717, 1.165) is 46.7 Å². The van der Waals surface area contributed by atoms with Crippen LogP contribution in [0.5, 0.6) is 5.75 Å². The van der Waals surface area contributed by atoms with E-state index in [-0.39, 0.29) is 5.69 Å². The summed E-state index contributed by atoms with van der Waals surface area (Å²) >= 11 is 0. The Morgan fingerprint density at radius 2 is 1.91 bits per heavy atom. The molecule has 0 atom stereocenters. The Hall–Kier alpha value is -4.20. The molecule has 0 bridgehead atoms. The molecule has 2 heterocycles.